The van der Waals surface area contributed by atoms with Crippen LogP contribution in [-0.2, 0) is 6.54 Å². The van der Waals surface area contributed by atoms with Crippen molar-refractivity contribution in [1.82, 2.24) is 0 Å². The molecule has 0 unspecified atom stereocenters. The van der Waals surface area contributed by atoms with Crippen LogP contribution < -0.4 is 5.32 Å². The van der Waals surface area contributed by atoms with Gasteiger partial charge in [0.05, 0.1) is 0 Å². The minimum absolute atomic E-state index is 0.885. The van der Waals surface area contributed by atoms with Crippen LogP contribution in [0.1, 0.15) is 27.8 Å². The molecule has 0 spiro atoms. The third-order valence-corrected chi connectivity index (χ3v) is 3.36. The van der Waals surface area contributed by atoms with E-state index in [0.717, 1.165) is 6.54 Å². The Morgan fingerprint density at radius 2 is 1.44 bits per heavy atom. The van der Waals surface area contributed by atoms with Crippen molar-refractivity contribution in [2.24, 2.45) is 0 Å². The van der Waals surface area contributed by atoms with Gasteiger partial charge < -0.3 is 5.32 Å². The number of benzene rings is 2. The van der Waals surface area contributed by atoms with Crippen LogP contribution in [0.5, 0.6) is 0 Å². The van der Waals surface area contributed by atoms with Gasteiger partial charge in [-0.05, 0) is 56.0 Å². The molecule has 0 aliphatic carbocycles. The molecule has 0 bridgehead atoms. The van der Waals surface area contributed by atoms with E-state index in [9.17, 15) is 0 Å². The molecule has 0 heterocycles. The second-order valence-electron chi connectivity index (χ2n) is 5.10. The molecular formula is C17H21N. The van der Waals surface area contributed by atoms with Crippen molar-refractivity contribution in [3.05, 3.63) is 64.2 Å². The lowest BCUT2D eigenvalue weighted by atomic mass is 10.1. The topological polar surface area (TPSA) is 12.0 Å². The summed E-state index contributed by atoms with van der Waals surface area (Å²) in [4.78, 5) is 0. The maximum atomic E-state index is 3.53. The minimum Gasteiger partial charge on any atom is -0.381 e. The number of aryl methyl sites for hydroxylation is 4. The lowest BCUT2D eigenvalue weighted by Crippen LogP contribution is -2.03. The highest BCUT2D eigenvalue weighted by molar-refractivity contribution is 5.53. The lowest BCUT2D eigenvalue weighted by Gasteiger charge is -2.12. The Hall–Kier alpha value is -1.76. The first-order valence-electron chi connectivity index (χ1n) is 6.43. The molecule has 0 aliphatic rings. The van der Waals surface area contributed by atoms with Crippen molar-refractivity contribution in [1.29, 1.82) is 0 Å². The second-order valence-corrected chi connectivity index (χ2v) is 5.10. The predicted octanol–water partition coefficient (Wildman–Crippen LogP) is 4.53. The fourth-order valence-corrected chi connectivity index (χ4v) is 2.16. The molecule has 0 aromatic heterocycles. The smallest absolute Gasteiger partial charge is 0.0403 e. The quantitative estimate of drug-likeness (QED) is 0.829. The summed E-state index contributed by atoms with van der Waals surface area (Å²) < 4.78 is 0. The fraction of sp³-hybridized carbons (Fsp3) is 0.294. The highest BCUT2D eigenvalue weighted by atomic mass is 14.9. The van der Waals surface area contributed by atoms with E-state index in [-0.39, 0.29) is 0 Å². The summed E-state index contributed by atoms with van der Waals surface area (Å²) in [6.07, 6.45) is 0. The summed E-state index contributed by atoms with van der Waals surface area (Å²) >= 11 is 0. The van der Waals surface area contributed by atoms with E-state index < -0.39 is 0 Å². The molecule has 1 heteroatoms. The van der Waals surface area contributed by atoms with E-state index in [1.54, 1.807) is 0 Å². The number of rotatable bonds is 3. The minimum atomic E-state index is 0.885. The first-order chi connectivity index (χ1) is 8.56. The zero-order valence-electron chi connectivity index (χ0n) is 11.7. The molecule has 0 saturated heterocycles. The molecule has 1 nitrogen and oxygen atoms in total. The van der Waals surface area contributed by atoms with Crippen LogP contribution in [0.15, 0.2) is 36.4 Å². The average molecular weight is 239 g/mol. The van der Waals surface area contributed by atoms with Gasteiger partial charge in [-0.2, -0.15) is 0 Å². The monoisotopic (exact) mass is 239 g/mol. The van der Waals surface area contributed by atoms with Crippen LogP contribution in [0.3, 0.4) is 0 Å². The van der Waals surface area contributed by atoms with Gasteiger partial charge in [0, 0.05) is 12.2 Å². The summed E-state index contributed by atoms with van der Waals surface area (Å²) in [6, 6.07) is 13.1. The summed E-state index contributed by atoms with van der Waals surface area (Å²) in [5.74, 6) is 0. The van der Waals surface area contributed by atoms with E-state index in [4.69, 9.17) is 0 Å². The van der Waals surface area contributed by atoms with Crippen molar-refractivity contribution in [2.45, 2.75) is 34.2 Å². The molecule has 0 amide bonds. The second kappa shape index (κ2) is 5.26. The van der Waals surface area contributed by atoms with Crippen LogP contribution in [0, 0.1) is 27.7 Å². The maximum absolute atomic E-state index is 3.53. The molecule has 2 aromatic carbocycles. The summed E-state index contributed by atoms with van der Waals surface area (Å²) in [5, 5.41) is 3.53. The van der Waals surface area contributed by atoms with Crippen LogP contribution in [0.2, 0.25) is 0 Å². The number of nitrogens with one attached hydrogen (secondary N) is 1. The van der Waals surface area contributed by atoms with Crippen LogP contribution in [0.4, 0.5) is 5.69 Å². The van der Waals surface area contributed by atoms with Crippen molar-refractivity contribution in [3.63, 3.8) is 0 Å². The third-order valence-electron chi connectivity index (χ3n) is 3.36. The number of anilines is 1. The number of hydrogen-bond donors (Lipinski definition) is 1. The van der Waals surface area contributed by atoms with Crippen molar-refractivity contribution in [2.75, 3.05) is 5.32 Å². The van der Waals surface area contributed by atoms with E-state index >= 15 is 0 Å². The average Bonchev–Trinajstić information content (AvgIpc) is 2.32. The van der Waals surface area contributed by atoms with E-state index in [2.05, 4.69) is 69.4 Å². The molecule has 2 rings (SSSR count). The Morgan fingerprint density at radius 1 is 0.778 bits per heavy atom. The molecule has 0 saturated carbocycles. The van der Waals surface area contributed by atoms with Gasteiger partial charge in [-0.1, -0.05) is 35.9 Å². The lowest BCUT2D eigenvalue weighted by molar-refractivity contribution is 1.10. The zero-order valence-corrected chi connectivity index (χ0v) is 11.7. The SMILES string of the molecule is Cc1ccc(CNc2cc(C)ccc2C)c(C)c1. The predicted molar refractivity (Wildman–Crippen MR) is 79.2 cm³/mol. The Morgan fingerprint density at radius 3 is 2.17 bits per heavy atom. The zero-order chi connectivity index (χ0) is 13.1. The molecule has 94 valence electrons. The van der Waals surface area contributed by atoms with Crippen molar-refractivity contribution >= 4 is 5.69 Å². The van der Waals surface area contributed by atoms with Gasteiger partial charge in [-0.15, -0.1) is 0 Å². The Labute approximate surface area is 110 Å². The summed E-state index contributed by atoms with van der Waals surface area (Å²) in [6.45, 7) is 9.46. The van der Waals surface area contributed by atoms with Gasteiger partial charge in [-0.25, -0.2) is 0 Å². The van der Waals surface area contributed by atoms with Gasteiger partial charge in [0.1, 0.15) is 0 Å². The van der Waals surface area contributed by atoms with Gasteiger partial charge in [0.25, 0.3) is 0 Å². The van der Waals surface area contributed by atoms with Gasteiger partial charge in [-0.3, -0.25) is 0 Å². The summed E-state index contributed by atoms with van der Waals surface area (Å²) in [7, 11) is 0. The Bertz CT molecular complexity index is 556. The van der Waals surface area contributed by atoms with E-state index in [1.807, 2.05) is 0 Å². The summed E-state index contributed by atoms with van der Waals surface area (Å²) in [5.41, 5.74) is 7.86. The van der Waals surface area contributed by atoms with Crippen LogP contribution >= 0.6 is 0 Å². The van der Waals surface area contributed by atoms with Gasteiger partial charge in [0.15, 0.2) is 0 Å². The first-order valence-corrected chi connectivity index (χ1v) is 6.43. The molecule has 0 aliphatic heterocycles. The molecule has 0 radical (unpaired) electrons. The van der Waals surface area contributed by atoms with Crippen molar-refractivity contribution in [3.8, 4) is 0 Å². The van der Waals surface area contributed by atoms with E-state index in [0.29, 0.717) is 0 Å². The molecule has 0 fully saturated rings. The van der Waals surface area contributed by atoms with Crippen LogP contribution in [0.25, 0.3) is 0 Å². The maximum Gasteiger partial charge on any atom is 0.0403 e. The third kappa shape index (κ3) is 2.92. The van der Waals surface area contributed by atoms with Crippen LogP contribution in [-0.4, -0.2) is 0 Å². The largest absolute Gasteiger partial charge is 0.381 e. The molecule has 2 aromatic rings. The van der Waals surface area contributed by atoms with E-state index in [1.165, 1.54) is 33.5 Å². The standard InChI is InChI=1S/C17H21N/c1-12-6-8-16(15(4)9-12)11-18-17-10-13(2)5-7-14(17)3/h5-10,18H,11H2,1-4H3. The fourth-order valence-electron chi connectivity index (χ4n) is 2.16. The van der Waals surface area contributed by atoms with Crippen molar-refractivity contribution < 1.29 is 0 Å². The molecule has 18 heavy (non-hydrogen) atoms. The Kier molecular flexibility index (Phi) is 3.71. The molecule has 0 atom stereocenters. The molecule has 1 N–H and O–H groups in total. The molecular weight excluding hydrogens is 218 g/mol. The highest BCUT2D eigenvalue weighted by Gasteiger charge is 2.01. The van der Waals surface area contributed by atoms with Gasteiger partial charge in [0.2, 0.25) is 0 Å². The number of hydrogen-bond acceptors (Lipinski definition) is 1. The first kappa shape index (κ1) is 12.7. The normalized spacial score (nSPS) is 10.4. The Balaban J connectivity index is 2.13. The van der Waals surface area contributed by atoms with Gasteiger partial charge >= 0.3 is 0 Å². The highest BCUT2D eigenvalue weighted by Crippen LogP contribution is 2.18.